The Balaban J connectivity index is 2.05. The Kier molecular flexibility index (Phi) is 6.00. The summed E-state index contributed by atoms with van der Waals surface area (Å²) >= 11 is 0. The third kappa shape index (κ3) is 4.71. The van der Waals surface area contributed by atoms with Crippen LogP contribution in [0.2, 0.25) is 0 Å². The van der Waals surface area contributed by atoms with Gasteiger partial charge in [0.15, 0.2) is 0 Å². The predicted octanol–water partition coefficient (Wildman–Crippen LogP) is 3.36. The average Bonchev–Trinajstić information content (AvgIpc) is 2.94. The molecule has 114 valence electrons. The van der Waals surface area contributed by atoms with E-state index in [0.29, 0.717) is 6.04 Å². The molecule has 0 aliphatic carbocycles. The normalized spacial score (nSPS) is 12.5. The van der Waals surface area contributed by atoms with Gasteiger partial charge in [-0.25, -0.2) is 0 Å². The van der Waals surface area contributed by atoms with Crippen LogP contribution in [-0.4, -0.2) is 22.4 Å². The number of aromatic nitrogens is 2. The van der Waals surface area contributed by atoms with Gasteiger partial charge in [0.1, 0.15) is 0 Å². The highest BCUT2D eigenvalue weighted by atomic mass is 15.3. The minimum Gasteiger partial charge on any atom is -0.313 e. The molecule has 0 aliphatic heterocycles. The van der Waals surface area contributed by atoms with Crippen LogP contribution < -0.4 is 5.32 Å². The third-order valence-corrected chi connectivity index (χ3v) is 3.90. The zero-order valence-corrected chi connectivity index (χ0v) is 13.5. The smallest absolute Gasteiger partial charge is 0.0522 e. The fourth-order valence-electron chi connectivity index (χ4n) is 2.64. The summed E-state index contributed by atoms with van der Waals surface area (Å²) in [5.74, 6) is 0. The fourth-order valence-corrected chi connectivity index (χ4v) is 2.64. The Labute approximate surface area is 128 Å². The van der Waals surface area contributed by atoms with Crippen LogP contribution in [0, 0.1) is 6.92 Å². The Bertz CT molecular complexity index is 545. The molecule has 1 aromatic heterocycles. The third-order valence-electron chi connectivity index (χ3n) is 3.90. The standard InChI is InChI=1S/C18H27N3/c1-4-10-19-18(11-16-13-20-21(5-2)14-16)12-17-9-7-6-8-15(17)3/h6-9,13-14,18-19H,4-5,10-12H2,1-3H3. The first-order valence-corrected chi connectivity index (χ1v) is 8.02. The van der Waals surface area contributed by atoms with Crippen LogP contribution >= 0.6 is 0 Å². The number of benzene rings is 1. The van der Waals surface area contributed by atoms with Gasteiger partial charge in [0.25, 0.3) is 0 Å². The van der Waals surface area contributed by atoms with Crippen molar-refractivity contribution in [3.05, 3.63) is 53.3 Å². The SMILES string of the molecule is CCCNC(Cc1cnn(CC)c1)Cc1ccccc1C. The van der Waals surface area contributed by atoms with Gasteiger partial charge in [0.05, 0.1) is 6.20 Å². The molecule has 0 bridgehead atoms. The van der Waals surface area contributed by atoms with Gasteiger partial charge in [-0.05, 0) is 56.3 Å². The Morgan fingerprint density at radius 1 is 1.19 bits per heavy atom. The maximum atomic E-state index is 4.38. The van der Waals surface area contributed by atoms with Crippen molar-refractivity contribution in [3.8, 4) is 0 Å². The van der Waals surface area contributed by atoms with Crippen LogP contribution in [0.3, 0.4) is 0 Å². The van der Waals surface area contributed by atoms with Gasteiger partial charge in [0.2, 0.25) is 0 Å². The van der Waals surface area contributed by atoms with E-state index in [2.05, 4.69) is 61.6 Å². The lowest BCUT2D eigenvalue weighted by Crippen LogP contribution is -2.34. The second-order valence-corrected chi connectivity index (χ2v) is 5.69. The second kappa shape index (κ2) is 7.99. The monoisotopic (exact) mass is 285 g/mol. The summed E-state index contributed by atoms with van der Waals surface area (Å²) in [6, 6.07) is 9.15. The summed E-state index contributed by atoms with van der Waals surface area (Å²) < 4.78 is 2.00. The van der Waals surface area contributed by atoms with E-state index in [1.807, 2.05) is 10.9 Å². The number of hydrogen-bond acceptors (Lipinski definition) is 2. The molecular weight excluding hydrogens is 258 g/mol. The molecule has 0 amide bonds. The average molecular weight is 285 g/mol. The van der Waals surface area contributed by atoms with Crippen molar-refractivity contribution < 1.29 is 0 Å². The van der Waals surface area contributed by atoms with Crippen molar-refractivity contribution in [2.45, 2.75) is 52.6 Å². The second-order valence-electron chi connectivity index (χ2n) is 5.69. The molecular formula is C18H27N3. The first-order chi connectivity index (χ1) is 10.2. The van der Waals surface area contributed by atoms with Gasteiger partial charge >= 0.3 is 0 Å². The summed E-state index contributed by atoms with van der Waals surface area (Å²) in [7, 11) is 0. The molecule has 0 fully saturated rings. The molecule has 0 aliphatic rings. The highest BCUT2D eigenvalue weighted by Gasteiger charge is 2.12. The summed E-state index contributed by atoms with van der Waals surface area (Å²) in [4.78, 5) is 0. The molecule has 2 aromatic rings. The highest BCUT2D eigenvalue weighted by Crippen LogP contribution is 2.13. The molecule has 0 spiro atoms. The van der Waals surface area contributed by atoms with E-state index in [1.54, 1.807) is 0 Å². The molecule has 3 nitrogen and oxygen atoms in total. The Morgan fingerprint density at radius 3 is 2.67 bits per heavy atom. The van der Waals surface area contributed by atoms with Crippen molar-refractivity contribution in [2.75, 3.05) is 6.54 Å². The Morgan fingerprint density at radius 2 is 2.00 bits per heavy atom. The maximum Gasteiger partial charge on any atom is 0.0522 e. The minimum atomic E-state index is 0.473. The Hall–Kier alpha value is -1.61. The van der Waals surface area contributed by atoms with Crippen molar-refractivity contribution >= 4 is 0 Å². The molecule has 1 N–H and O–H groups in total. The molecule has 21 heavy (non-hydrogen) atoms. The van der Waals surface area contributed by atoms with Crippen LogP contribution in [0.5, 0.6) is 0 Å². The quantitative estimate of drug-likeness (QED) is 0.806. The molecule has 1 heterocycles. The van der Waals surface area contributed by atoms with E-state index in [1.165, 1.54) is 23.1 Å². The predicted molar refractivity (Wildman–Crippen MR) is 88.6 cm³/mol. The minimum absolute atomic E-state index is 0.473. The molecule has 1 aromatic carbocycles. The summed E-state index contributed by atoms with van der Waals surface area (Å²) in [6.07, 6.45) is 7.44. The largest absolute Gasteiger partial charge is 0.313 e. The number of aryl methyl sites for hydroxylation is 2. The lowest BCUT2D eigenvalue weighted by atomic mass is 9.97. The lowest BCUT2D eigenvalue weighted by molar-refractivity contribution is 0.503. The van der Waals surface area contributed by atoms with Gasteiger partial charge in [-0.2, -0.15) is 5.10 Å². The fraction of sp³-hybridized carbons (Fsp3) is 0.500. The molecule has 1 unspecified atom stereocenters. The lowest BCUT2D eigenvalue weighted by Gasteiger charge is -2.19. The summed E-state index contributed by atoms with van der Waals surface area (Å²) in [5, 5.41) is 8.07. The molecule has 0 saturated carbocycles. The van der Waals surface area contributed by atoms with E-state index in [0.717, 1.165) is 25.9 Å². The van der Waals surface area contributed by atoms with Crippen molar-refractivity contribution in [1.29, 1.82) is 0 Å². The summed E-state index contributed by atoms with van der Waals surface area (Å²) in [5.41, 5.74) is 4.14. The molecule has 0 radical (unpaired) electrons. The van der Waals surface area contributed by atoms with Crippen molar-refractivity contribution in [3.63, 3.8) is 0 Å². The first kappa shape index (κ1) is 15.8. The molecule has 2 rings (SSSR count). The van der Waals surface area contributed by atoms with E-state index in [-0.39, 0.29) is 0 Å². The van der Waals surface area contributed by atoms with Crippen LogP contribution in [0.4, 0.5) is 0 Å². The van der Waals surface area contributed by atoms with E-state index in [9.17, 15) is 0 Å². The van der Waals surface area contributed by atoms with Gasteiger partial charge in [-0.1, -0.05) is 31.2 Å². The number of rotatable bonds is 8. The van der Waals surface area contributed by atoms with Crippen LogP contribution in [0.1, 0.15) is 37.0 Å². The topological polar surface area (TPSA) is 29.9 Å². The molecule has 1 atom stereocenters. The highest BCUT2D eigenvalue weighted by molar-refractivity contribution is 5.26. The van der Waals surface area contributed by atoms with Gasteiger partial charge < -0.3 is 5.32 Å². The maximum absolute atomic E-state index is 4.38. The van der Waals surface area contributed by atoms with E-state index < -0.39 is 0 Å². The zero-order chi connectivity index (χ0) is 15.1. The van der Waals surface area contributed by atoms with Crippen LogP contribution in [-0.2, 0) is 19.4 Å². The zero-order valence-electron chi connectivity index (χ0n) is 13.5. The van der Waals surface area contributed by atoms with Gasteiger partial charge in [0, 0.05) is 18.8 Å². The van der Waals surface area contributed by atoms with Crippen LogP contribution in [0.25, 0.3) is 0 Å². The van der Waals surface area contributed by atoms with E-state index >= 15 is 0 Å². The van der Waals surface area contributed by atoms with Crippen molar-refractivity contribution in [2.24, 2.45) is 0 Å². The molecule has 3 heteroatoms. The van der Waals surface area contributed by atoms with Gasteiger partial charge in [-0.15, -0.1) is 0 Å². The molecule has 0 saturated heterocycles. The van der Waals surface area contributed by atoms with E-state index in [4.69, 9.17) is 0 Å². The number of hydrogen-bond donors (Lipinski definition) is 1. The van der Waals surface area contributed by atoms with Crippen LogP contribution in [0.15, 0.2) is 36.7 Å². The van der Waals surface area contributed by atoms with Crippen molar-refractivity contribution in [1.82, 2.24) is 15.1 Å². The summed E-state index contributed by atoms with van der Waals surface area (Å²) in [6.45, 7) is 8.54. The number of nitrogens with one attached hydrogen (secondary N) is 1. The first-order valence-electron chi connectivity index (χ1n) is 8.02. The number of nitrogens with zero attached hydrogens (tertiary/aromatic N) is 2. The van der Waals surface area contributed by atoms with Gasteiger partial charge in [-0.3, -0.25) is 4.68 Å².